The number of benzene rings is 2. The van der Waals surface area contributed by atoms with E-state index in [4.69, 9.17) is 25.8 Å². The maximum atomic E-state index is 11.5. The van der Waals surface area contributed by atoms with Crippen molar-refractivity contribution in [2.24, 2.45) is 0 Å². The van der Waals surface area contributed by atoms with Crippen LogP contribution in [0.2, 0.25) is 5.02 Å². The molecule has 0 aliphatic rings. The average molecular weight is 350 g/mol. The number of rotatable bonds is 7. The molecule has 0 saturated heterocycles. The molecule has 0 spiro atoms. The maximum absolute atomic E-state index is 11.5. The second kappa shape index (κ2) is 9.42. The minimum Gasteiger partial charge on any atom is -0.482 e. The zero-order valence-corrected chi connectivity index (χ0v) is 13.5. The quantitative estimate of drug-likeness (QED) is 0.614. The lowest BCUT2D eigenvalue weighted by atomic mass is 10.2. The van der Waals surface area contributed by atoms with Crippen LogP contribution in [0.1, 0.15) is 5.56 Å². The molecule has 2 rings (SSSR count). The Labute approximate surface area is 144 Å². The van der Waals surface area contributed by atoms with Crippen molar-refractivity contribution in [2.75, 3.05) is 13.3 Å². The van der Waals surface area contributed by atoms with Crippen LogP contribution in [0.4, 0.5) is 4.79 Å². The Morgan fingerprint density at radius 2 is 1.67 bits per heavy atom. The van der Waals surface area contributed by atoms with Crippen LogP contribution in [0, 0.1) is 0 Å². The van der Waals surface area contributed by atoms with Gasteiger partial charge in [0, 0.05) is 5.02 Å². The molecular weight excluding hydrogens is 334 g/mol. The highest BCUT2D eigenvalue weighted by molar-refractivity contribution is 6.30. The minimum absolute atomic E-state index is 0.0913. The van der Waals surface area contributed by atoms with E-state index in [2.05, 4.69) is 5.32 Å². The summed E-state index contributed by atoms with van der Waals surface area (Å²) >= 11 is 5.76. The van der Waals surface area contributed by atoms with Crippen LogP contribution in [0.3, 0.4) is 0 Å². The number of hydrogen-bond acceptors (Lipinski definition) is 5. The van der Waals surface area contributed by atoms with Crippen molar-refractivity contribution >= 4 is 23.7 Å². The van der Waals surface area contributed by atoms with Crippen molar-refractivity contribution in [1.82, 2.24) is 5.32 Å². The Morgan fingerprint density at radius 3 is 2.38 bits per heavy atom. The van der Waals surface area contributed by atoms with E-state index >= 15 is 0 Å². The first kappa shape index (κ1) is 17.6. The number of nitrogens with one attached hydrogen (secondary N) is 1. The molecule has 0 aliphatic heterocycles. The van der Waals surface area contributed by atoms with Crippen LogP contribution >= 0.6 is 11.6 Å². The summed E-state index contributed by atoms with van der Waals surface area (Å²) in [5.41, 5.74) is 0.794. The maximum Gasteiger partial charge on any atom is 0.410 e. The molecule has 126 valence electrons. The van der Waals surface area contributed by atoms with Gasteiger partial charge in [-0.1, -0.05) is 41.9 Å². The van der Waals surface area contributed by atoms with E-state index in [9.17, 15) is 9.59 Å². The molecule has 0 aromatic heterocycles. The molecule has 0 fully saturated rings. The molecule has 0 saturated carbocycles. The van der Waals surface area contributed by atoms with Gasteiger partial charge in [0.2, 0.25) is 0 Å². The highest BCUT2D eigenvalue weighted by Gasteiger charge is 2.06. The van der Waals surface area contributed by atoms with E-state index in [1.165, 1.54) is 0 Å². The molecule has 0 atom stereocenters. The molecule has 1 N–H and O–H groups in total. The summed E-state index contributed by atoms with van der Waals surface area (Å²) in [6, 6.07) is 15.8. The summed E-state index contributed by atoms with van der Waals surface area (Å²) in [6.45, 7) is -0.448. The highest BCUT2D eigenvalue weighted by Crippen LogP contribution is 2.10. The number of esters is 1. The summed E-state index contributed by atoms with van der Waals surface area (Å²) in [4.78, 5) is 22.9. The standard InChI is InChI=1S/C17H16ClNO5/c18-14-8-6-13(7-9-14)10-23-17(21)19-12-24-16(20)11-22-15-4-2-1-3-5-15/h1-9H,10-12H2,(H,19,21). The van der Waals surface area contributed by atoms with Gasteiger partial charge in [-0.3, -0.25) is 5.32 Å². The van der Waals surface area contributed by atoms with Crippen molar-refractivity contribution in [1.29, 1.82) is 0 Å². The van der Waals surface area contributed by atoms with E-state index < -0.39 is 12.1 Å². The molecular formula is C17H16ClNO5. The fourth-order valence-corrected chi connectivity index (χ4v) is 1.78. The van der Waals surface area contributed by atoms with Gasteiger partial charge in [-0.2, -0.15) is 0 Å². The van der Waals surface area contributed by atoms with E-state index in [0.29, 0.717) is 10.8 Å². The van der Waals surface area contributed by atoms with E-state index in [-0.39, 0.29) is 19.9 Å². The van der Waals surface area contributed by atoms with Gasteiger partial charge in [-0.05, 0) is 29.8 Å². The summed E-state index contributed by atoms with van der Waals surface area (Å²) < 4.78 is 15.0. The first-order valence-corrected chi connectivity index (χ1v) is 7.50. The largest absolute Gasteiger partial charge is 0.482 e. The van der Waals surface area contributed by atoms with Crippen molar-refractivity contribution in [3.8, 4) is 5.75 Å². The average Bonchev–Trinajstić information content (AvgIpc) is 2.60. The zero-order valence-electron chi connectivity index (χ0n) is 12.7. The third-order valence-electron chi connectivity index (χ3n) is 2.83. The van der Waals surface area contributed by atoms with Crippen LogP contribution in [0.15, 0.2) is 54.6 Å². The Morgan fingerprint density at radius 1 is 0.958 bits per heavy atom. The lowest BCUT2D eigenvalue weighted by Gasteiger charge is -2.09. The van der Waals surface area contributed by atoms with Crippen molar-refractivity contribution in [3.63, 3.8) is 0 Å². The Balaban J connectivity index is 1.58. The molecule has 0 heterocycles. The molecule has 2 aromatic rings. The Kier molecular flexibility index (Phi) is 6.91. The molecule has 7 heteroatoms. The second-order valence-electron chi connectivity index (χ2n) is 4.64. The van der Waals surface area contributed by atoms with Crippen LogP contribution in [-0.4, -0.2) is 25.4 Å². The second-order valence-corrected chi connectivity index (χ2v) is 5.08. The molecule has 24 heavy (non-hydrogen) atoms. The van der Waals surface area contributed by atoms with Gasteiger partial charge >= 0.3 is 12.1 Å². The summed E-state index contributed by atoms with van der Waals surface area (Å²) in [7, 11) is 0. The highest BCUT2D eigenvalue weighted by atomic mass is 35.5. The molecule has 0 unspecified atom stereocenters. The molecule has 0 bridgehead atoms. The number of carbonyl (C=O) groups excluding carboxylic acids is 2. The van der Waals surface area contributed by atoms with Gasteiger partial charge in [0.15, 0.2) is 13.3 Å². The minimum atomic E-state index is -0.693. The topological polar surface area (TPSA) is 73.9 Å². The van der Waals surface area contributed by atoms with Crippen molar-refractivity contribution in [2.45, 2.75) is 6.61 Å². The lowest BCUT2D eigenvalue weighted by Crippen LogP contribution is -2.29. The van der Waals surface area contributed by atoms with E-state index in [1.807, 2.05) is 6.07 Å². The monoisotopic (exact) mass is 349 g/mol. The summed E-state index contributed by atoms with van der Waals surface area (Å²) in [5, 5.41) is 2.91. The van der Waals surface area contributed by atoms with E-state index in [0.717, 1.165) is 5.56 Å². The number of alkyl carbamates (subject to hydrolysis) is 1. The predicted molar refractivity (Wildman–Crippen MR) is 87.7 cm³/mol. The van der Waals surface area contributed by atoms with Crippen LogP contribution < -0.4 is 10.1 Å². The number of halogens is 1. The SMILES string of the molecule is O=C(COc1ccccc1)OCNC(=O)OCc1ccc(Cl)cc1. The smallest absolute Gasteiger partial charge is 0.410 e. The summed E-state index contributed by atoms with van der Waals surface area (Å²) in [6.07, 6.45) is -0.693. The molecule has 0 radical (unpaired) electrons. The first-order valence-electron chi connectivity index (χ1n) is 7.12. The number of carbonyl (C=O) groups is 2. The summed E-state index contributed by atoms with van der Waals surface area (Å²) in [5.74, 6) is -0.0402. The number of para-hydroxylation sites is 1. The molecule has 6 nitrogen and oxygen atoms in total. The van der Waals surface area contributed by atoms with Gasteiger partial charge in [0.25, 0.3) is 0 Å². The Hall–Kier alpha value is -2.73. The van der Waals surface area contributed by atoms with Crippen molar-refractivity contribution < 1.29 is 23.8 Å². The van der Waals surface area contributed by atoms with Gasteiger partial charge in [-0.25, -0.2) is 9.59 Å². The van der Waals surface area contributed by atoms with Gasteiger partial charge in [0.05, 0.1) is 0 Å². The van der Waals surface area contributed by atoms with E-state index in [1.54, 1.807) is 48.5 Å². The molecule has 2 aromatic carbocycles. The number of amides is 1. The predicted octanol–water partition coefficient (Wildman–Crippen LogP) is 3.15. The zero-order chi connectivity index (χ0) is 17.2. The number of hydrogen-bond donors (Lipinski definition) is 1. The normalized spacial score (nSPS) is 9.88. The third-order valence-corrected chi connectivity index (χ3v) is 3.08. The van der Waals surface area contributed by atoms with Crippen LogP contribution in [0.25, 0.3) is 0 Å². The van der Waals surface area contributed by atoms with Gasteiger partial charge in [-0.15, -0.1) is 0 Å². The fourth-order valence-electron chi connectivity index (χ4n) is 1.66. The van der Waals surface area contributed by atoms with Crippen LogP contribution in [-0.2, 0) is 20.9 Å². The van der Waals surface area contributed by atoms with Gasteiger partial charge < -0.3 is 14.2 Å². The molecule has 1 amide bonds. The van der Waals surface area contributed by atoms with Crippen molar-refractivity contribution in [3.05, 3.63) is 65.2 Å². The Bertz CT molecular complexity index is 660. The number of ether oxygens (including phenoxy) is 3. The third kappa shape index (κ3) is 6.58. The van der Waals surface area contributed by atoms with Crippen LogP contribution in [0.5, 0.6) is 5.75 Å². The molecule has 0 aliphatic carbocycles. The lowest BCUT2D eigenvalue weighted by molar-refractivity contribution is -0.146. The first-order chi connectivity index (χ1) is 11.6. The fraction of sp³-hybridized carbons (Fsp3) is 0.176. The van der Waals surface area contributed by atoms with Gasteiger partial charge in [0.1, 0.15) is 12.4 Å².